The Kier molecular flexibility index (Phi) is 4.58. The van der Waals surface area contributed by atoms with Crippen molar-refractivity contribution in [1.82, 2.24) is 25.2 Å². The molecule has 3 aromatic heterocycles. The number of aromatic amines is 1. The molecule has 0 bridgehead atoms. The molecular weight excluding hydrogens is 404 g/mol. The Morgan fingerprint density at radius 3 is 2.97 bits per heavy atom. The van der Waals surface area contributed by atoms with Gasteiger partial charge < -0.3 is 25.8 Å². The van der Waals surface area contributed by atoms with Crippen molar-refractivity contribution in [3.05, 3.63) is 42.2 Å². The van der Waals surface area contributed by atoms with Gasteiger partial charge >= 0.3 is 0 Å². The topological polar surface area (TPSA) is 109 Å². The summed E-state index contributed by atoms with van der Waals surface area (Å²) in [6, 6.07) is 8.81. The van der Waals surface area contributed by atoms with Gasteiger partial charge in [-0.3, -0.25) is 0 Å². The molecule has 9 heteroatoms. The maximum atomic E-state index is 5.98. The lowest BCUT2D eigenvalue weighted by Crippen LogP contribution is -2.44. The van der Waals surface area contributed by atoms with Gasteiger partial charge in [-0.15, -0.1) is 0 Å². The predicted octanol–water partition coefficient (Wildman–Crippen LogP) is 2.42. The molecule has 6 rings (SSSR count). The molecule has 0 saturated carbocycles. The standard InChI is InChI=1S/C23H26N8O/c1-14-13-32-9-8-30(14)21-10-18(16-3-2-15(11-24)22-17(16)4-6-25-22)19-12-27-31(23(19)28-21)20-5-7-26-29-20/h2-4,6,10,12,14,25-26H,5,7-9,11,13,24H2,1H3/t14-/m1/s1. The van der Waals surface area contributed by atoms with E-state index in [1.54, 1.807) is 0 Å². The minimum Gasteiger partial charge on any atom is -0.377 e. The first-order chi connectivity index (χ1) is 15.7. The molecule has 32 heavy (non-hydrogen) atoms. The zero-order valence-corrected chi connectivity index (χ0v) is 18.0. The summed E-state index contributed by atoms with van der Waals surface area (Å²) in [4.78, 5) is 10.8. The number of pyridine rings is 1. The van der Waals surface area contributed by atoms with Crippen molar-refractivity contribution in [2.24, 2.45) is 10.8 Å². The highest BCUT2D eigenvalue weighted by atomic mass is 16.5. The molecule has 0 radical (unpaired) electrons. The summed E-state index contributed by atoms with van der Waals surface area (Å²) in [7, 11) is 0. The van der Waals surface area contributed by atoms with Gasteiger partial charge in [0.15, 0.2) is 11.5 Å². The first kappa shape index (κ1) is 19.3. The van der Waals surface area contributed by atoms with E-state index in [0.29, 0.717) is 19.8 Å². The molecule has 9 nitrogen and oxygen atoms in total. The number of aromatic nitrogens is 4. The van der Waals surface area contributed by atoms with Crippen molar-refractivity contribution in [2.75, 3.05) is 31.2 Å². The normalized spacial score (nSPS) is 19.0. The highest BCUT2D eigenvalue weighted by molar-refractivity contribution is 6.06. The van der Waals surface area contributed by atoms with Crippen LogP contribution in [-0.2, 0) is 11.3 Å². The van der Waals surface area contributed by atoms with Gasteiger partial charge in [0.1, 0.15) is 5.82 Å². The largest absolute Gasteiger partial charge is 0.377 e. The quantitative estimate of drug-likeness (QED) is 0.461. The molecule has 0 spiro atoms. The number of nitrogens with zero attached hydrogens (tertiary/aromatic N) is 5. The number of hydrogen-bond acceptors (Lipinski definition) is 7. The number of benzene rings is 1. The Morgan fingerprint density at radius 2 is 2.16 bits per heavy atom. The van der Waals surface area contributed by atoms with Crippen LogP contribution in [0.15, 0.2) is 41.8 Å². The van der Waals surface area contributed by atoms with Crippen LogP contribution < -0.4 is 16.1 Å². The number of H-pyrrole nitrogens is 1. The molecule has 1 fully saturated rings. The molecule has 2 aliphatic rings. The van der Waals surface area contributed by atoms with Gasteiger partial charge in [-0.05, 0) is 35.7 Å². The van der Waals surface area contributed by atoms with Gasteiger partial charge in [0.05, 0.1) is 31.0 Å². The Bertz CT molecular complexity index is 1340. The van der Waals surface area contributed by atoms with E-state index < -0.39 is 0 Å². The maximum absolute atomic E-state index is 5.98. The van der Waals surface area contributed by atoms with Crippen LogP contribution in [0.4, 0.5) is 5.82 Å². The SMILES string of the molecule is C[C@@H]1COCCN1c1cc(-c2ccc(CN)c3[nH]ccc23)c2cnn(C3=NNCC3)c2n1. The number of fused-ring (bicyclic) bond motifs is 2. The number of hydrazone groups is 1. The molecule has 5 heterocycles. The van der Waals surface area contributed by atoms with E-state index >= 15 is 0 Å². The Balaban J connectivity index is 1.61. The lowest BCUT2D eigenvalue weighted by molar-refractivity contribution is 0.0986. The molecule has 0 aliphatic carbocycles. The smallest absolute Gasteiger partial charge is 0.167 e. The molecule has 1 saturated heterocycles. The number of rotatable bonds is 3. The molecule has 0 unspecified atom stereocenters. The fourth-order valence-electron chi connectivity index (χ4n) is 4.76. The highest BCUT2D eigenvalue weighted by Gasteiger charge is 2.25. The van der Waals surface area contributed by atoms with Gasteiger partial charge in [-0.25, -0.2) is 4.98 Å². The van der Waals surface area contributed by atoms with Crippen LogP contribution in [0.25, 0.3) is 33.1 Å². The van der Waals surface area contributed by atoms with Crippen molar-refractivity contribution >= 4 is 33.6 Å². The lowest BCUT2D eigenvalue weighted by atomic mass is 9.97. The molecule has 1 atom stereocenters. The van der Waals surface area contributed by atoms with Crippen LogP contribution in [0, 0.1) is 0 Å². The number of hydrogen-bond donors (Lipinski definition) is 3. The molecule has 4 aromatic rings. The minimum absolute atomic E-state index is 0.246. The second kappa shape index (κ2) is 7.61. The van der Waals surface area contributed by atoms with Gasteiger partial charge in [0.2, 0.25) is 0 Å². The van der Waals surface area contributed by atoms with Gasteiger partial charge in [0, 0.05) is 43.0 Å². The highest BCUT2D eigenvalue weighted by Crippen LogP contribution is 2.37. The molecule has 0 amide bonds. The van der Waals surface area contributed by atoms with E-state index in [4.69, 9.17) is 15.5 Å². The van der Waals surface area contributed by atoms with Crippen LogP contribution >= 0.6 is 0 Å². The van der Waals surface area contributed by atoms with Crippen molar-refractivity contribution in [3.63, 3.8) is 0 Å². The Labute approximate surface area is 185 Å². The van der Waals surface area contributed by atoms with E-state index in [9.17, 15) is 0 Å². The summed E-state index contributed by atoms with van der Waals surface area (Å²) in [6.45, 7) is 5.67. The first-order valence-corrected chi connectivity index (χ1v) is 11.1. The minimum atomic E-state index is 0.246. The van der Waals surface area contributed by atoms with E-state index in [-0.39, 0.29) is 6.04 Å². The molecule has 1 aromatic carbocycles. The number of nitrogens with two attached hydrogens (primary N) is 1. The fourth-order valence-corrected chi connectivity index (χ4v) is 4.76. The summed E-state index contributed by atoms with van der Waals surface area (Å²) < 4.78 is 7.54. The van der Waals surface area contributed by atoms with Crippen LogP contribution in [0.5, 0.6) is 0 Å². The molecule has 2 aliphatic heterocycles. The third-order valence-electron chi connectivity index (χ3n) is 6.42. The fraction of sp³-hybridized carbons (Fsp3) is 0.348. The average molecular weight is 431 g/mol. The van der Waals surface area contributed by atoms with Gasteiger partial charge in [-0.1, -0.05) is 12.1 Å². The lowest BCUT2D eigenvalue weighted by Gasteiger charge is -2.34. The third-order valence-corrected chi connectivity index (χ3v) is 6.42. The molecule has 4 N–H and O–H groups in total. The number of nitrogens with one attached hydrogen (secondary N) is 2. The molecular formula is C23H26N8O. The second-order valence-electron chi connectivity index (χ2n) is 8.37. The van der Waals surface area contributed by atoms with E-state index in [2.05, 4.69) is 56.7 Å². The van der Waals surface area contributed by atoms with Gasteiger partial charge in [0.25, 0.3) is 0 Å². The number of anilines is 1. The van der Waals surface area contributed by atoms with Crippen LogP contribution in [0.2, 0.25) is 0 Å². The summed E-state index contributed by atoms with van der Waals surface area (Å²) in [5.74, 6) is 1.82. The van der Waals surface area contributed by atoms with E-state index in [1.165, 1.54) is 0 Å². The predicted molar refractivity (Wildman–Crippen MR) is 126 cm³/mol. The van der Waals surface area contributed by atoms with Crippen molar-refractivity contribution in [2.45, 2.75) is 25.9 Å². The summed E-state index contributed by atoms with van der Waals surface area (Å²) in [5, 5.41) is 11.3. The van der Waals surface area contributed by atoms with Crippen LogP contribution in [0.3, 0.4) is 0 Å². The van der Waals surface area contributed by atoms with Crippen molar-refractivity contribution in [3.8, 4) is 11.1 Å². The summed E-state index contributed by atoms with van der Waals surface area (Å²) in [5.41, 5.74) is 14.3. The zero-order valence-electron chi connectivity index (χ0n) is 18.0. The van der Waals surface area contributed by atoms with Crippen LogP contribution in [-0.4, -0.2) is 57.9 Å². The van der Waals surface area contributed by atoms with Gasteiger partial charge in [-0.2, -0.15) is 14.9 Å². The van der Waals surface area contributed by atoms with E-state index in [0.717, 1.165) is 69.8 Å². The molecule has 164 valence electrons. The summed E-state index contributed by atoms with van der Waals surface area (Å²) >= 11 is 0. The van der Waals surface area contributed by atoms with Crippen LogP contribution in [0.1, 0.15) is 18.9 Å². The van der Waals surface area contributed by atoms with E-state index in [1.807, 2.05) is 17.1 Å². The summed E-state index contributed by atoms with van der Waals surface area (Å²) in [6.07, 6.45) is 4.69. The maximum Gasteiger partial charge on any atom is 0.167 e. The average Bonchev–Trinajstić information content (AvgIpc) is 3.58. The Hall–Kier alpha value is -3.43. The number of ether oxygens (including phenoxy) is 1. The first-order valence-electron chi connectivity index (χ1n) is 11.1. The van der Waals surface area contributed by atoms with Crippen molar-refractivity contribution in [1.29, 1.82) is 0 Å². The Morgan fingerprint density at radius 1 is 1.22 bits per heavy atom. The zero-order chi connectivity index (χ0) is 21.7. The third kappa shape index (κ3) is 2.96. The van der Waals surface area contributed by atoms with Crippen molar-refractivity contribution < 1.29 is 4.74 Å². The monoisotopic (exact) mass is 430 g/mol. The second-order valence-corrected chi connectivity index (χ2v) is 8.37. The number of morpholine rings is 1.